The number of nitrogens with one attached hydrogen (secondary N) is 2. The van der Waals surface area contributed by atoms with Gasteiger partial charge < -0.3 is 15.5 Å². The summed E-state index contributed by atoms with van der Waals surface area (Å²) >= 11 is 0. The topological polar surface area (TPSA) is 109 Å². The Bertz CT molecular complexity index is 1620. The van der Waals surface area contributed by atoms with Crippen molar-refractivity contribution in [1.29, 1.82) is 0 Å². The average Bonchev–Trinajstić information content (AvgIpc) is 3.27. The first-order valence-corrected chi connectivity index (χ1v) is 12.3. The van der Waals surface area contributed by atoms with Gasteiger partial charge in [0.1, 0.15) is 11.5 Å². The van der Waals surface area contributed by atoms with Gasteiger partial charge in [0.15, 0.2) is 11.5 Å². The number of benzene rings is 2. The Hall–Kier alpha value is -4.67. The maximum Gasteiger partial charge on any atom is 0.254 e. The first-order valence-electron chi connectivity index (χ1n) is 12.3. The van der Waals surface area contributed by atoms with Crippen LogP contribution in [0, 0.1) is 12.7 Å². The van der Waals surface area contributed by atoms with Crippen molar-refractivity contribution in [2.45, 2.75) is 33.0 Å². The molecule has 3 amide bonds. The van der Waals surface area contributed by atoms with Crippen molar-refractivity contribution >= 4 is 29.2 Å². The minimum Gasteiger partial charge on any atom is -0.348 e. The molecule has 0 unspecified atom stereocenters. The predicted octanol–water partition coefficient (Wildman–Crippen LogP) is 3.92. The Morgan fingerprint density at radius 2 is 1.85 bits per heavy atom. The van der Waals surface area contributed by atoms with E-state index in [-0.39, 0.29) is 42.6 Å². The number of hydrogen-bond donors (Lipinski definition) is 2. The van der Waals surface area contributed by atoms with E-state index in [0.717, 1.165) is 0 Å². The predicted molar refractivity (Wildman–Crippen MR) is 140 cm³/mol. The molecule has 11 heteroatoms. The van der Waals surface area contributed by atoms with E-state index in [1.165, 1.54) is 41.5 Å². The molecule has 9 nitrogen and oxygen atoms in total. The molecule has 0 radical (unpaired) electrons. The van der Waals surface area contributed by atoms with Crippen molar-refractivity contribution in [2.24, 2.45) is 0 Å². The molecule has 5 rings (SSSR count). The highest BCUT2D eigenvalue weighted by Gasteiger charge is 2.41. The summed E-state index contributed by atoms with van der Waals surface area (Å²) in [4.78, 5) is 42.6. The summed E-state index contributed by atoms with van der Waals surface area (Å²) in [5.41, 5.74) is 1.87. The van der Waals surface area contributed by atoms with Crippen LogP contribution in [0.25, 0.3) is 16.9 Å². The summed E-state index contributed by atoms with van der Waals surface area (Å²) in [5.74, 6) is -1.23. The molecule has 0 aliphatic carbocycles. The van der Waals surface area contributed by atoms with Crippen molar-refractivity contribution in [3.05, 3.63) is 82.8 Å². The molecule has 1 fully saturated rings. The first kappa shape index (κ1) is 26.0. The van der Waals surface area contributed by atoms with Crippen LogP contribution < -0.4 is 10.6 Å². The normalized spacial score (nSPS) is 14.1. The lowest BCUT2D eigenvalue weighted by Gasteiger charge is -2.42. The highest BCUT2D eigenvalue weighted by Crippen LogP contribution is 2.27. The van der Waals surface area contributed by atoms with Crippen LogP contribution in [0.1, 0.15) is 45.7 Å². The zero-order chi connectivity index (χ0) is 27.9. The van der Waals surface area contributed by atoms with Crippen molar-refractivity contribution in [3.8, 4) is 11.3 Å². The van der Waals surface area contributed by atoms with Crippen LogP contribution in [-0.2, 0) is 11.3 Å². The second-order valence-corrected chi connectivity index (χ2v) is 9.92. The quantitative estimate of drug-likeness (QED) is 0.391. The van der Waals surface area contributed by atoms with Crippen LogP contribution in [0.15, 0.2) is 54.7 Å². The zero-order valence-electron chi connectivity index (χ0n) is 21.6. The maximum absolute atomic E-state index is 14.5. The summed E-state index contributed by atoms with van der Waals surface area (Å²) in [6.07, 6.45) is 1.59. The van der Waals surface area contributed by atoms with Crippen molar-refractivity contribution in [1.82, 2.24) is 24.8 Å². The van der Waals surface area contributed by atoms with Crippen molar-refractivity contribution in [2.75, 3.05) is 18.4 Å². The Morgan fingerprint density at radius 3 is 2.56 bits per heavy atom. The molecule has 200 valence electrons. The molecule has 39 heavy (non-hydrogen) atoms. The van der Waals surface area contributed by atoms with Crippen molar-refractivity contribution < 1.29 is 23.2 Å². The van der Waals surface area contributed by atoms with Crippen molar-refractivity contribution in [3.63, 3.8) is 0 Å². The number of imidazole rings is 1. The molecule has 2 aromatic carbocycles. The molecule has 1 aliphatic heterocycles. The number of aromatic nitrogens is 3. The number of hydrogen-bond acceptors (Lipinski definition) is 5. The minimum absolute atomic E-state index is 0.00992. The fourth-order valence-electron chi connectivity index (χ4n) is 4.49. The third kappa shape index (κ3) is 5.47. The molecule has 2 aromatic heterocycles. The standard InChI is InChI=1S/C28H26F2N6O3/c1-16-4-5-18(23-8-9-25-33-24(32-17(2)37)13-36(25)34-23)11-21(16)26(38)31-12-20-10-19(6-7-22(20)29)27(39)35-14-28(3,30)15-35/h4-11,13H,12,14-15H2,1-3H3,(H,31,38)(H,32,37). The minimum atomic E-state index is -1.41. The number of anilines is 1. The Balaban J connectivity index is 1.32. The van der Waals surface area contributed by atoms with Crippen LogP contribution in [-0.4, -0.2) is 56.0 Å². The molecule has 1 aliphatic rings. The number of aryl methyl sites for hydroxylation is 1. The fourth-order valence-corrected chi connectivity index (χ4v) is 4.49. The Kier molecular flexibility index (Phi) is 6.59. The lowest BCUT2D eigenvalue weighted by Crippen LogP contribution is -2.59. The lowest BCUT2D eigenvalue weighted by atomic mass is 9.97. The molecule has 0 bridgehead atoms. The van der Waals surface area contributed by atoms with Gasteiger partial charge in [-0.3, -0.25) is 14.4 Å². The van der Waals surface area contributed by atoms with E-state index < -0.39 is 17.4 Å². The van der Waals surface area contributed by atoms with E-state index >= 15 is 0 Å². The summed E-state index contributed by atoms with van der Waals surface area (Å²) in [5, 5.41) is 9.87. The molecule has 1 saturated heterocycles. The number of amides is 3. The molecule has 0 atom stereocenters. The molecule has 0 spiro atoms. The van der Waals surface area contributed by atoms with Gasteiger partial charge in [0.25, 0.3) is 11.8 Å². The molecule has 2 N–H and O–H groups in total. The smallest absolute Gasteiger partial charge is 0.254 e. The average molecular weight is 533 g/mol. The maximum atomic E-state index is 14.5. The molecule has 0 saturated carbocycles. The number of carbonyl (C=O) groups excluding carboxylic acids is 3. The second kappa shape index (κ2) is 9.90. The number of nitrogens with zero attached hydrogens (tertiary/aromatic N) is 4. The van der Waals surface area contributed by atoms with Crippen LogP contribution >= 0.6 is 0 Å². The summed E-state index contributed by atoms with van der Waals surface area (Å²) in [6, 6.07) is 12.7. The largest absolute Gasteiger partial charge is 0.348 e. The van der Waals surface area contributed by atoms with Gasteiger partial charge >= 0.3 is 0 Å². The zero-order valence-corrected chi connectivity index (χ0v) is 21.6. The van der Waals surface area contributed by atoms with E-state index in [2.05, 4.69) is 20.7 Å². The van der Waals surface area contributed by atoms with Gasteiger partial charge in [0, 0.05) is 35.7 Å². The second-order valence-electron chi connectivity index (χ2n) is 9.92. The molecule has 3 heterocycles. The third-order valence-corrected chi connectivity index (χ3v) is 6.46. The highest BCUT2D eigenvalue weighted by atomic mass is 19.1. The number of carbonyl (C=O) groups is 3. The molecule has 4 aromatic rings. The van der Waals surface area contributed by atoms with E-state index in [1.54, 1.807) is 37.4 Å². The summed E-state index contributed by atoms with van der Waals surface area (Å²) in [6.45, 7) is 4.45. The lowest BCUT2D eigenvalue weighted by molar-refractivity contribution is -0.114. The van der Waals surface area contributed by atoms with E-state index in [1.807, 2.05) is 6.07 Å². The fraction of sp³-hybridized carbons (Fsp3) is 0.250. The van der Waals surface area contributed by atoms with Gasteiger partial charge in [-0.05, 0) is 55.8 Å². The van der Waals surface area contributed by atoms with Gasteiger partial charge in [-0.2, -0.15) is 5.10 Å². The summed E-state index contributed by atoms with van der Waals surface area (Å²) in [7, 11) is 0. The Labute approximate surface area is 222 Å². The highest BCUT2D eigenvalue weighted by molar-refractivity contribution is 5.97. The number of rotatable bonds is 6. The first-order chi connectivity index (χ1) is 18.5. The van der Waals surface area contributed by atoms with Crippen LogP contribution in [0.3, 0.4) is 0 Å². The monoisotopic (exact) mass is 532 g/mol. The number of fused-ring (bicyclic) bond motifs is 1. The van der Waals surface area contributed by atoms with Gasteiger partial charge in [0.2, 0.25) is 5.91 Å². The van der Waals surface area contributed by atoms with Gasteiger partial charge in [0.05, 0.1) is 25.0 Å². The van der Waals surface area contributed by atoms with Gasteiger partial charge in [-0.25, -0.2) is 18.3 Å². The number of likely N-dealkylation sites (tertiary alicyclic amines) is 1. The number of alkyl halides is 1. The van der Waals surface area contributed by atoms with E-state index in [0.29, 0.717) is 33.8 Å². The third-order valence-electron chi connectivity index (χ3n) is 6.46. The van der Waals surface area contributed by atoms with Crippen LogP contribution in [0.2, 0.25) is 0 Å². The van der Waals surface area contributed by atoms with Crippen LogP contribution in [0.4, 0.5) is 14.6 Å². The van der Waals surface area contributed by atoms with E-state index in [4.69, 9.17) is 0 Å². The molecular formula is C28H26F2N6O3. The van der Waals surface area contributed by atoms with Crippen LogP contribution in [0.5, 0.6) is 0 Å². The number of halogens is 2. The summed E-state index contributed by atoms with van der Waals surface area (Å²) < 4.78 is 29.8. The van der Waals surface area contributed by atoms with Gasteiger partial charge in [-0.15, -0.1) is 0 Å². The van der Waals surface area contributed by atoms with Gasteiger partial charge in [-0.1, -0.05) is 12.1 Å². The Morgan fingerprint density at radius 1 is 1.08 bits per heavy atom. The molecular weight excluding hydrogens is 506 g/mol. The van der Waals surface area contributed by atoms with E-state index in [9.17, 15) is 23.2 Å². The SMILES string of the molecule is CC(=O)Nc1cn2nc(-c3ccc(C)c(C(=O)NCc4cc(C(=O)N5CC(C)(F)C5)ccc4F)c3)ccc2n1.